The number of imide groups is 1. The van der Waals surface area contributed by atoms with Crippen molar-refractivity contribution >= 4 is 23.4 Å². The van der Waals surface area contributed by atoms with E-state index in [1.165, 1.54) is 4.90 Å². The summed E-state index contributed by atoms with van der Waals surface area (Å²) >= 11 is 0. The van der Waals surface area contributed by atoms with Crippen LogP contribution in [0.4, 0.5) is 0 Å². The molecule has 3 amide bonds. The van der Waals surface area contributed by atoms with Crippen molar-refractivity contribution in [2.45, 2.75) is 38.3 Å². The summed E-state index contributed by atoms with van der Waals surface area (Å²) in [6, 6.07) is 22.5. The molecule has 0 saturated carbocycles. The smallest absolute Gasteiger partial charge is 0.255 e. The number of nitrogens with one attached hydrogen (secondary N) is 1. The van der Waals surface area contributed by atoms with Gasteiger partial charge in [-0.2, -0.15) is 5.10 Å². The van der Waals surface area contributed by atoms with Crippen molar-refractivity contribution in [2.75, 3.05) is 39.6 Å². The first-order valence-electron chi connectivity index (χ1n) is 18.6. The second-order valence-corrected chi connectivity index (χ2v) is 13.6. The summed E-state index contributed by atoms with van der Waals surface area (Å²) in [5.74, 6) is 0.367. The Balaban J connectivity index is 0.760. The van der Waals surface area contributed by atoms with Crippen LogP contribution in [0, 0.1) is 0 Å². The molecule has 286 valence electrons. The number of aryl methyl sites for hydroxylation is 1. The Hall–Kier alpha value is -6.38. The standard InChI is InChI=1S/C42H40N6O8/c49-39-12-11-38(41(50)44-39)47-25-30-24-33(7-9-35(30)42(47)51)56-22-20-54-18-17-53-19-21-55-32-5-3-31(4-6-32)48-26-36(40(45-48)27-13-15-43-16-14-27)29-1-8-34-28(23-29)2-10-37(34)46-52/h1,3-9,13-16,23-24,26,38,52H,2,10-12,17-22,25H2,(H,44,49,50)/b46-37+. The summed E-state index contributed by atoms with van der Waals surface area (Å²) in [5, 5.41) is 20.1. The fourth-order valence-corrected chi connectivity index (χ4v) is 7.28. The lowest BCUT2D eigenvalue weighted by molar-refractivity contribution is -0.136. The number of piperidine rings is 1. The monoisotopic (exact) mass is 756 g/mol. The number of amides is 3. The molecule has 1 aliphatic carbocycles. The van der Waals surface area contributed by atoms with Crippen LogP contribution in [0.5, 0.6) is 11.5 Å². The molecule has 4 heterocycles. The average Bonchev–Trinajstić information content (AvgIpc) is 3.94. The third kappa shape index (κ3) is 7.88. The van der Waals surface area contributed by atoms with Gasteiger partial charge < -0.3 is 29.1 Å². The highest BCUT2D eigenvalue weighted by Gasteiger charge is 2.39. The van der Waals surface area contributed by atoms with Gasteiger partial charge in [-0.15, -0.1) is 0 Å². The number of rotatable bonds is 15. The zero-order valence-electron chi connectivity index (χ0n) is 30.6. The first-order valence-corrected chi connectivity index (χ1v) is 18.6. The van der Waals surface area contributed by atoms with E-state index in [2.05, 4.69) is 21.5 Å². The number of fused-ring (bicyclic) bond motifs is 2. The van der Waals surface area contributed by atoms with E-state index in [9.17, 15) is 19.6 Å². The van der Waals surface area contributed by atoms with Gasteiger partial charge in [0.05, 0.1) is 37.8 Å². The largest absolute Gasteiger partial charge is 0.491 e. The number of hydrogen-bond acceptors (Lipinski definition) is 11. The molecule has 3 aliphatic rings. The predicted octanol–water partition coefficient (Wildman–Crippen LogP) is 4.98. The molecule has 14 nitrogen and oxygen atoms in total. The topological polar surface area (TPSA) is 167 Å². The molecule has 56 heavy (non-hydrogen) atoms. The fraction of sp³-hybridized carbons (Fsp3) is 0.286. The molecule has 5 aromatic rings. The van der Waals surface area contributed by atoms with Crippen LogP contribution in [-0.2, 0) is 32.0 Å². The van der Waals surface area contributed by atoms with Crippen molar-refractivity contribution in [2.24, 2.45) is 5.16 Å². The lowest BCUT2D eigenvalue weighted by atomic mass is 9.98. The fourth-order valence-electron chi connectivity index (χ4n) is 7.28. The van der Waals surface area contributed by atoms with Crippen LogP contribution in [0.1, 0.15) is 46.3 Å². The number of pyridine rings is 1. The number of oxime groups is 1. The van der Waals surface area contributed by atoms with Crippen molar-refractivity contribution in [3.8, 4) is 39.6 Å². The van der Waals surface area contributed by atoms with Gasteiger partial charge in [0.15, 0.2) is 0 Å². The van der Waals surface area contributed by atoms with Crippen molar-refractivity contribution < 1.29 is 38.5 Å². The van der Waals surface area contributed by atoms with Crippen LogP contribution >= 0.6 is 0 Å². The molecule has 1 fully saturated rings. The highest BCUT2D eigenvalue weighted by atomic mass is 16.6. The van der Waals surface area contributed by atoms with Crippen LogP contribution in [0.2, 0.25) is 0 Å². The molecule has 14 heteroatoms. The number of carbonyl (C=O) groups is 3. The number of ether oxygens (including phenoxy) is 4. The number of benzene rings is 3. The first-order chi connectivity index (χ1) is 27.4. The van der Waals surface area contributed by atoms with Gasteiger partial charge in [-0.1, -0.05) is 23.4 Å². The van der Waals surface area contributed by atoms with Crippen molar-refractivity contribution in [1.82, 2.24) is 25.0 Å². The van der Waals surface area contributed by atoms with E-state index in [1.54, 1.807) is 24.5 Å². The van der Waals surface area contributed by atoms with Crippen LogP contribution < -0.4 is 14.8 Å². The molecule has 1 unspecified atom stereocenters. The maximum atomic E-state index is 12.9. The highest BCUT2D eigenvalue weighted by molar-refractivity contribution is 6.06. The van der Waals surface area contributed by atoms with E-state index in [1.807, 2.05) is 65.5 Å². The Morgan fingerprint density at radius 1 is 0.732 bits per heavy atom. The van der Waals surface area contributed by atoms with E-state index >= 15 is 0 Å². The van der Waals surface area contributed by atoms with E-state index < -0.39 is 11.9 Å². The summed E-state index contributed by atoms with van der Waals surface area (Å²) in [7, 11) is 0. The molecule has 2 aliphatic heterocycles. The zero-order valence-corrected chi connectivity index (χ0v) is 30.6. The van der Waals surface area contributed by atoms with Crippen LogP contribution in [0.15, 0.2) is 96.5 Å². The SMILES string of the molecule is O=C1CCC(N2Cc3cc(OCCOCCOCCOc4ccc(-n5cc(-c6ccc7c(c6)CC/C7=N\O)c(-c6ccncc6)n5)cc4)ccc3C2=O)C(=O)N1. The van der Waals surface area contributed by atoms with Gasteiger partial charge >= 0.3 is 0 Å². The van der Waals surface area contributed by atoms with E-state index in [-0.39, 0.29) is 18.2 Å². The maximum absolute atomic E-state index is 12.9. The van der Waals surface area contributed by atoms with Crippen molar-refractivity contribution in [3.63, 3.8) is 0 Å². The van der Waals surface area contributed by atoms with Crippen LogP contribution in [0.25, 0.3) is 28.1 Å². The molecule has 2 N–H and O–H groups in total. The number of carbonyl (C=O) groups excluding carboxylic acids is 3. The van der Waals surface area contributed by atoms with E-state index in [4.69, 9.17) is 24.0 Å². The average molecular weight is 757 g/mol. The van der Waals surface area contributed by atoms with Crippen molar-refractivity contribution in [1.29, 1.82) is 0 Å². The van der Waals surface area contributed by atoms with Crippen LogP contribution in [-0.4, -0.2) is 94.0 Å². The molecular weight excluding hydrogens is 716 g/mol. The second-order valence-electron chi connectivity index (χ2n) is 13.6. The molecule has 0 bridgehead atoms. The number of aromatic nitrogens is 3. The number of nitrogens with zero attached hydrogens (tertiary/aromatic N) is 5. The number of hydrogen-bond donors (Lipinski definition) is 2. The van der Waals surface area contributed by atoms with Gasteiger partial charge in [-0.25, -0.2) is 4.68 Å². The Labute approximate surface area is 322 Å². The summed E-state index contributed by atoms with van der Waals surface area (Å²) in [6.07, 6.45) is 7.64. The highest BCUT2D eigenvalue weighted by Crippen LogP contribution is 2.35. The zero-order chi connectivity index (χ0) is 38.4. The summed E-state index contributed by atoms with van der Waals surface area (Å²) in [5.41, 5.74) is 8.90. The summed E-state index contributed by atoms with van der Waals surface area (Å²) in [6.45, 7) is 2.56. The van der Waals surface area contributed by atoms with Gasteiger partial charge in [-0.05, 0) is 90.6 Å². The minimum absolute atomic E-state index is 0.216. The Bertz CT molecular complexity index is 2270. The molecule has 1 atom stereocenters. The third-order valence-corrected chi connectivity index (χ3v) is 10.1. The van der Waals surface area contributed by atoms with Gasteiger partial charge in [0.2, 0.25) is 11.8 Å². The molecule has 0 spiro atoms. The minimum Gasteiger partial charge on any atom is -0.491 e. The molecule has 3 aromatic carbocycles. The van der Waals surface area contributed by atoms with Gasteiger partial charge in [0, 0.05) is 53.8 Å². The lowest BCUT2D eigenvalue weighted by Gasteiger charge is -2.29. The summed E-state index contributed by atoms with van der Waals surface area (Å²) in [4.78, 5) is 42.4. The molecule has 2 aromatic heterocycles. The lowest BCUT2D eigenvalue weighted by Crippen LogP contribution is -2.52. The quantitative estimate of drug-likeness (QED) is 0.0644. The molecule has 0 radical (unpaired) electrons. The van der Waals surface area contributed by atoms with Gasteiger partial charge in [0.1, 0.15) is 36.4 Å². The molecule has 1 saturated heterocycles. The van der Waals surface area contributed by atoms with Gasteiger partial charge in [-0.3, -0.25) is 24.7 Å². The molecule has 8 rings (SSSR count). The van der Waals surface area contributed by atoms with Gasteiger partial charge in [0.25, 0.3) is 5.91 Å². The minimum atomic E-state index is -0.649. The Morgan fingerprint density at radius 3 is 2.20 bits per heavy atom. The maximum Gasteiger partial charge on any atom is 0.255 e. The third-order valence-electron chi connectivity index (χ3n) is 10.1. The second kappa shape index (κ2) is 16.6. The van der Waals surface area contributed by atoms with E-state index in [0.29, 0.717) is 69.7 Å². The van der Waals surface area contributed by atoms with E-state index in [0.717, 1.165) is 63.3 Å². The first kappa shape index (κ1) is 36.6. The molecular formula is C42H40N6O8. The predicted molar refractivity (Wildman–Crippen MR) is 204 cm³/mol. The van der Waals surface area contributed by atoms with Crippen LogP contribution in [0.3, 0.4) is 0 Å². The summed E-state index contributed by atoms with van der Waals surface area (Å²) < 4.78 is 24.9. The Kier molecular flexibility index (Phi) is 10.8. The Morgan fingerprint density at radius 2 is 1.45 bits per heavy atom. The van der Waals surface area contributed by atoms with Crippen molar-refractivity contribution in [3.05, 3.63) is 114 Å². The normalized spacial score (nSPS) is 16.9.